The van der Waals surface area contributed by atoms with E-state index in [9.17, 15) is 0 Å². The zero-order valence-corrected chi connectivity index (χ0v) is 18.7. The molecule has 0 aliphatic carbocycles. The van der Waals surface area contributed by atoms with Crippen LogP contribution in [0.2, 0.25) is 18.1 Å². The van der Waals surface area contributed by atoms with Crippen LogP contribution in [0, 0.1) is 0 Å². The second-order valence-electron chi connectivity index (χ2n) is 8.49. The number of hydrogen-bond donors (Lipinski definition) is 0. The van der Waals surface area contributed by atoms with Gasteiger partial charge in [-0.1, -0.05) is 39.5 Å². The minimum atomic E-state index is -1.96. The van der Waals surface area contributed by atoms with Crippen LogP contribution >= 0.6 is 0 Å². The van der Waals surface area contributed by atoms with Crippen molar-refractivity contribution in [3.8, 4) is 5.75 Å². The number of rotatable bonds is 7. The van der Waals surface area contributed by atoms with Crippen LogP contribution in [0.3, 0.4) is 0 Å². The third kappa shape index (κ3) is 5.57. The molecule has 0 N–H and O–H groups in total. The summed E-state index contributed by atoms with van der Waals surface area (Å²) in [7, 11) is 1.34. The van der Waals surface area contributed by atoms with E-state index in [2.05, 4.69) is 40.4 Å². The van der Waals surface area contributed by atoms with E-state index in [1.54, 1.807) is 14.2 Å². The van der Waals surface area contributed by atoms with Crippen LogP contribution in [-0.4, -0.2) is 41.0 Å². The van der Waals surface area contributed by atoms with Gasteiger partial charge in [0.1, 0.15) is 23.7 Å². The Hall–Kier alpha value is -1.34. The van der Waals surface area contributed by atoms with Gasteiger partial charge in [0.05, 0.1) is 13.7 Å². The third-order valence-corrected chi connectivity index (χ3v) is 9.98. The maximum atomic E-state index is 6.56. The Morgan fingerprint density at radius 1 is 1.15 bits per heavy atom. The smallest absolute Gasteiger partial charge is 0.224 e. The summed E-state index contributed by atoms with van der Waals surface area (Å²) in [5, 5.41) is 0.110. The van der Waals surface area contributed by atoms with Gasteiger partial charge in [-0.3, -0.25) is 0 Å². The predicted octanol–water partition coefficient (Wildman–Crippen LogP) is 4.88. The van der Waals surface area contributed by atoms with Gasteiger partial charge in [0.25, 0.3) is 0 Å². The first-order chi connectivity index (χ1) is 12.6. The van der Waals surface area contributed by atoms with Gasteiger partial charge in [0.2, 0.25) is 6.29 Å². The summed E-state index contributed by atoms with van der Waals surface area (Å²) in [5.74, 6) is 1.42. The Morgan fingerprint density at radius 3 is 2.30 bits per heavy atom. The van der Waals surface area contributed by atoms with Crippen LogP contribution in [0.1, 0.15) is 32.8 Å². The summed E-state index contributed by atoms with van der Waals surface area (Å²) in [6.45, 7) is 15.6. The molecule has 1 aliphatic heterocycles. The number of ether oxygens (including phenoxy) is 4. The van der Waals surface area contributed by atoms with Gasteiger partial charge in [0, 0.05) is 13.5 Å². The van der Waals surface area contributed by atoms with E-state index in [1.807, 2.05) is 24.3 Å². The Morgan fingerprint density at radius 2 is 1.78 bits per heavy atom. The summed E-state index contributed by atoms with van der Waals surface area (Å²) in [6.07, 6.45) is -0.192. The zero-order valence-electron chi connectivity index (χ0n) is 17.7. The first-order valence-corrected chi connectivity index (χ1v) is 12.3. The van der Waals surface area contributed by atoms with E-state index < -0.39 is 14.6 Å². The monoisotopic (exact) mass is 394 g/mol. The molecule has 1 saturated heterocycles. The van der Waals surface area contributed by atoms with Crippen molar-refractivity contribution in [2.45, 2.75) is 70.4 Å². The normalized spacial score (nSPS) is 23.8. The molecule has 6 heteroatoms. The number of methoxy groups -OCH3 is 2. The van der Waals surface area contributed by atoms with Crippen molar-refractivity contribution in [3.63, 3.8) is 0 Å². The zero-order chi connectivity index (χ0) is 20.2. The van der Waals surface area contributed by atoms with Crippen molar-refractivity contribution in [2.75, 3.05) is 14.2 Å². The first-order valence-electron chi connectivity index (χ1n) is 9.38. The fraction of sp³-hybridized carbons (Fsp3) is 0.619. The van der Waals surface area contributed by atoms with Crippen LogP contribution in [0.4, 0.5) is 0 Å². The van der Waals surface area contributed by atoms with Gasteiger partial charge in [-0.25, -0.2) is 0 Å². The maximum Gasteiger partial charge on any atom is 0.224 e. The molecule has 0 radical (unpaired) electrons. The average Bonchev–Trinajstić information content (AvgIpc) is 2.61. The molecule has 5 nitrogen and oxygen atoms in total. The van der Waals surface area contributed by atoms with Gasteiger partial charge in [-0.05, 0) is 35.8 Å². The van der Waals surface area contributed by atoms with Crippen molar-refractivity contribution in [3.05, 3.63) is 42.2 Å². The van der Waals surface area contributed by atoms with Crippen LogP contribution in [0.15, 0.2) is 36.6 Å². The van der Waals surface area contributed by atoms with Crippen LogP contribution < -0.4 is 4.74 Å². The third-order valence-electron chi connectivity index (χ3n) is 5.47. The topological polar surface area (TPSA) is 46.2 Å². The standard InChI is InChI=1S/C21H34O5Si/c1-15-18(24-14-16-9-11-17(22-5)12-10-16)13-19(20(23-6)25-15)26-27(7,8)21(2,3)4/h9-12,18-20H,1,13-14H2,2-8H3/t18-,19-,20-/m0/s1. The molecule has 27 heavy (non-hydrogen) atoms. The van der Waals surface area contributed by atoms with E-state index in [4.69, 9.17) is 23.4 Å². The summed E-state index contributed by atoms with van der Waals surface area (Å²) in [5.41, 5.74) is 1.07. The minimum Gasteiger partial charge on any atom is -0.497 e. The average molecular weight is 395 g/mol. The lowest BCUT2D eigenvalue weighted by atomic mass is 10.1. The molecule has 1 aliphatic rings. The molecule has 1 heterocycles. The first kappa shape index (κ1) is 22.0. The van der Waals surface area contributed by atoms with Gasteiger partial charge >= 0.3 is 0 Å². The van der Waals surface area contributed by atoms with Gasteiger partial charge in [0.15, 0.2) is 8.32 Å². The number of hydrogen-bond acceptors (Lipinski definition) is 5. The van der Waals surface area contributed by atoms with E-state index in [-0.39, 0.29) is 17.2 Å². The Balaban J connectivity index is 2.03. The summed E-state index contributed by atoms with van der Waals surface area (Å²) >= 11 is 0. The molecular weight excluding hydrogens is 360 g/mol. The van der Waals surface area contributed by atoms with E-state index in [0.29, 0.717) is 18.8 Å². The summed E-state index contributed by atoms with van der Waals surface area (Å²) in [6, 6.07) is 7.84. The van der Waals surface area contributed by atoms with Gasteiger partial charge in [-0.2, -0.15) is 0 Å². The highest BCUT2D eigenvalue weighted by molar-refractivity contribution is 6.74. The van der Waals surface area contributed by atoms with E-state index >= 15 is 0 Å². The highest BCUT2D eigenvalue weighted by Crippen LogP contribution is 2.40. The molecule has 2 rings (SSSR count). The number of benzene rings is 1. The van der Waals surface area contributed by atoms with Crippen LogP contribution in [-0.2, 0) is 25.2 Å². The lowest BCUT2D eigenvalue weighted by Crippen LogP contribution is -2.51. The van der Waals surface area contributed by atoms with Crippen molar-refractivity contribution in [1.29, 1.82) is 0 Å². The minimum absolute atomic E-state index is 0.110. The Kier molecular flexibility index (Phi) is 7.13. The quantitative estimate of drug-likeness (QED) is 0.617. The molecule has 0 unspecified atom stereocenters. The van der Waals surface area contributed by atoms with E-state index in [1.165, 1.54) is 0 Å². The van der Waals surface area contributed by atoms with Crippen LogP contribution in [0.25, 0.3) is 0 Å². The predicted molar refractivity (Wildman–Crippen MR) is 109 cm³/mol. The summed E-state index contributed by atoms with van der Waals surface area (Å²) < 4.78 is 29.2. The fourth-order valence-electron chi connectivity index (χ4n) is 2.69. The molecular formula is C21H34O5Si. The van der Waals surface area contributed by atoms with Crippen molar-refractivity contribution < 1.29 is 23.4 Å². The SMILES string of the molecule is C=C1O[C@H](OC)[C@@H](O[Si](C)(C)C(C)(C)C)C[C@@H]1OCc1ccc(OC)cc1. The fourth-order valence-corrected chi connectivity index (χ4v) is 4.01. The largest absolute Gasteiger partial charge is 0.497 e. The van der Waals surface area contributed by atoms with Crippen molar-refractivity contribution in [1.82, 2.24) is 0 Å². The van der Waals surface area contributed by atoms with Gasteiger partial charge < -0.3 is 23.4 Å². The van der Waals surface area contributed by atoms with Gasteiger partial charge in [-0.15, -0.1) is 0 Å². The molecule has 1 aromatic carbocycles. The highest BCUT2D eigenvalue weighted by atomic mass is 28.4. The van der Waals surface area contributed by atoms with Crippen LogP contribution in [0.5, 0.6) is 5.75 Å². The molecule has 0 amide bonds. The second kappa shape index (κ2) is 8.77. The molecule has 0 saturated carbocycles. The van der Waals surface area contributed by atoms with Crippen molar-refractivity contribution in [2.24, 2.45) is 0 Å². The molecule has 0 bridgehead atoms. The molecule has 0 aromatic heterocycles. The molecule has 3 atom stereocenters. The van der Waals surface area contributed by atoms with E-state index in [0.717, 1.165) is 11.3 Å². The lowest BCUT2D eigenvalue weighted by Gasteiger charge is -2.44. The Labute approximate surface area is 164 Å². The lowest BCUT2D eigenvalue weighted by molar-refractivity contribution is -0.199. The highest BCUT2D eigenvalue weighted by Gasteiger charge is 2.44. The molecule has 1 fully saturated rings. The molecule has 0 spiro atoms. The van der Waals surface area contributed by atoms with Crippen molar-refractivity contribution >= 4 is 8.32 Å². The molecule has 1 aromatic rings. The Bertz CT molecular complexity index is 620. The second-order valence-corrected chi connectivity index (χ2v) is 13.2. The maximum absolute atomic E-state index is 6.56. The molecule has 152 valence electrons. The summed E-state index contributed by atoms with van der Waals surface area (Å²) in [4.78, 5) is 0.